The molecule has 0 amide bonds. The van der Waals surface area contributed by atoms with Crippen molar-refractivity contribution < 1.29 is 0 Å². The van der Waals surface area contributed by atoms with Crippen molar-refractivity contribution in [3.8, 4) is 0 Å². The molecule has 0 bridgehead atoms. The first-order valence-electron chi connectivity index (χ1n) is 8.32. The summed E-state index contributed by atoms with van der Waals surface area (Å²) in [4.78, 5) is 4.70. The van der Waals surface area contributed by atoms with E-state index in [0.29, 0.717) is 12.6 Å². The molecule has 0 radical (unpaired) electrons. The Morgan fingerprint density at radius 1 is 1.24 bits per heavy atom. The van der Waals surface area contributed by atoms with Gasteiger partial charge in [-0.3, -0.25) is 0 Å². The highest BCUT2D eigenvalue weighted by Gasteiger charge is 2.17. The first-order chi connectivity index (χ1) is 10.4. The van der Waals surface area contributed by atoms with Gasteiger partial charge in [-0.25, -0.2) is 4.99 Å². The lowest BCUT2D eigenvalue weighted by Gasteiger charge is -2.17. The third-order valence-electron chi connectivity index (χ3n) is 4.35. The first-order valence-corrected chi connectivity index (χ1v) is 8.32. The Morgan fingerprint density at radius 2 is 2.10 bits per heavy atom. The van der Waals surface area contributed by atoms with Gasteiger partial charge < -0.3 is 15.2 Å². The zero-order chi connectivity index (χ0) is 14.5. The zero-order valence-electron chi connectivity index (χ0n) is 12.9. The lowest BCUT2D eigenvalue weighted by atomic mass is 10.2. The summed E-state index contributed by atoms with van der Waals surface area (Å²) in [5.74, 6) is 3.03. The second kappa shape index (κ2) is 6.91. The summed E-state index contributed by atoms with van der Waals surface area (Å²) in [6.45, 7) is 4.64. The number of aliphatic imine (C=N–C) groups is 1. The third-order valence-corrected chi connectivity index (χ3v) is 4.35. The minimum atomic E-state index is 0.579. The van der Waals surface area contributed by atoms with Gasteiger partial charge in [-0.15, -0.1) is 10.2 Å². The average molecular weight is 290 g/mol. The Hall–Kier alpha value is -1.59. The van der Waals surface area contributed by atoms with Gasteiger partial charge in [0, 0.05) is 25.6 Å². The number of nitrogens with zero attached hydrogens (tertiary/aromatic N) is 4. The smallest absolute Gasteiger partial charge is 0.191 e. The fourth-order valence-electron chi connectivity index (χ4n) is 3.22. The van der Waals surface area contributed by atoms with Gasteiger partial charge in [0.15, 0.2) is 11.8 Å². The average Bonchev–Trinajstić information content (AvgIpc) is 3.14. The molecule has 0 atom stereocenters. The van der Waals surface area contributed by atoms with Crippen LogP contribution in [0.3, 0.4) is 0 Å². The van der Waals surface area contributed by atoms with Gasteiger partial charge in [-0.1, -0.05) is 12.8 Å². The maximum Gasteiger partial charge on any atom is 0.191 e. The molecule has 2 N–H and O–H groups in total. The number of nitrogens with one attached hydrogen (secondary N) is 2. The first kappa shape index (κ1) is 14.4. The van der Waals surface area contributed by atoms with E-state index in [0.717, 1.165) is 37.1 Å². The zero-order valence-corrected chi connectivity index (χ0v) is 12.9. The highest BCUT2D eigenvalue weighted by atomic mass is 15.3. The van der Waals surface area contributed by atoms with Crippen LogP contribution in [0, 0.1) is 0 Å². The second-order valence-corrected chi connectivity index (χ2v) is 5.96. The van der Waals surface area contributed by atoms with Crippen LogP contribution >= 0.6 is 0 Å². The largest absolute Gasteiger partial charge is 0.357 e. The van der Waals surface area contributed by atoms with Crippen LogP contribution < -0.4 is 10.6 Å². The molecule has 6 nitrogen and oxygen atoms in total. The van der Waals surface area contributed by atoms with Crippen molar-refractivity contribution >= 4 is 5.96 Å². The van der Waals surface area contributed by atoms with E-state index in [1.807, 2.05) is 0 Å². The minimum absolute atomic E-state index is 0.579. The lowest BCUT2D eigenvalue weighted by Crippen LogP contribution is -2.42. The fraction of sp³-hybridized carbons (Fsp3) is 0.800. The monoisotopic (exact) mass is 290 g/mol. The number of hydrogen-bond acceptors (Lipinski definition) is 3. The van der Waals surface area contributed by atoms with Crippen molar-refractivity contribution in [2.24, 2.45) is 4.99 Å². The van der Waals surface area contributed by atoms with E-state index in [9.17, 15) is 0 Å². The Bertz CT molecular complexity index is 486. The molecule has 2 heterocycles. The van der Waals surface area contributed by atoms with E-state index < -0.39 is 0 Å². The quantitative estimate of drug-likeness (QED) is 0.653. The Labute approximate surface area is 126 Å². The van der Waals surface area contributed by atoms with Crippen LogP contribution in [0.4, 0.5) is 0 Å². The molecule has 1 aliphatic heterocycles. The Balaban J connectivity index is 1.64. The molecule has 21 heavy (non-hydrogen) atoms. The molecule has 6 heteroatoms. The molecular weight excluding hydrogens is 264 g/mol. The van der Waals surface area contributed by atoms with E-state index in [2.05, 4.69) is 32.3 Å². The van der Waals surface area contributed by atoms with Gasteiger partial charge >= 0.3 is 0 Å². The molecular formula is C15H26N6. The molecule has 3 rings (SSSR count). The standard InChI is InChI=1S/C15H26N6/c1-2-16-15(18-12-7-3-4-8-12)17-11-14-20-19-13-9-5-6-10-21(13)14/h12H,2-11H2,1H3,(H2,16,17,18). The van der Waals surface area contributed by atoms with Crippen molar-refractivity contribution in [2.45, 2.75) is 71.0 Å². The van der Waals surface area contributed by atoms with Crippen molar-refractivity contribution in [3.63, 3.8) is 0 Å². The second-order valence-electron chi connectivity index (χ2n) is 5.96. The van der Waals surface area contributed by atoms with Crippen molar-refractivity contribution in [1.82, 2.24) is 25.4 Å². The molecule has 0 unspecified atom stereocenters. The van der Waals surface area contributed by atoms with Gasteiger partial charge in [0.2, 0.25) is 0 Å². The Kier molecular flexibility index (Phi) is 4.72. The number of fused-ring (bicyclic) bond motifs is 1. The van der Waals surface area contributed by atoms with Gasteiger partial charge in [-0.05, 0) is 32.6 Å². The van der Waals surface area contributed by atoms with Crippen LogP contribution in [0.1, 0.15) is 57.1 Å². The molecule has 1 aromatic rings. The molecule has 116 valence electrons. The van der Waals surface area contributed by atoms with Gasteiger partial charge in [0.05, 0.1) is 0 Å². The van der Waals surface area contributed by atoms with Crippen LogP contribution in [0.25, 0.3) is 0 Å². The van der Waals surface area contributed by atoms with Gasteiger partial charge in [0.1, 0.15) is 12.4 Å². The normalized spacial score (nSPS) is 19.6. The lowest BCUT2D eigenvalue weighted by molar-refractivity contribution is 0.507. The number of rotatable bonds is 4. The SMILES string of the molecule is CCNC(=NCc1nnc2n1CCCC2)NC1CCCC1. The fourth-order valence-corrected chi connectivity index (χ4v) is 3.22. The number of aryl methyl sites for hydroxylation is 1. The molecule has 0 spiro atoms. The molecule has 0 aromatic carbocycles. The van der Waals surface area contributed by atoms with Crippen molar-refractivity contribution in [3.05, 3.63) is 11.6 Å². The predicted molar refractivity (Wildman–Crippen MR) is 83.2 cm³/mol. The molecule has 0 saturated heterocycles. The number of hydrogen-bond donors (Lipinski definition) is 2. The Morgan fingerprint density at radius 3 is 2.90 bits per heavy atom. The molecule has 2 aliphatic rings. The maximum absolute atomic E-state index is 4.70. The summed E-state index contributed by atoms with van der Waals surface area (Å²) >= 11 is 0. The van der Waals surface area contributed by atoms with Crippen LogP contribution in [0.2, 0.25) is 0 Å². The van der Waals surface area contributed by atoms with E-state index in [1.54, 1.807) is 0 Å². The third kappa shape index (κ3) is 3.54. The predicted octanol–water partition coefficient (Wildman–Crippen LogP) is 1.61. The van der Waals surface area contributed by atoms with E-state index in [-0.39, 0.29) is 0 Å². The molecule has 1 aliphatic carbocycles. The van der Waals surface area contributed by atoms with E-state index >= 15 is 0 Å². The highest BCUT2D eigenvalue weighted by Crippen LogP contribution is 2.17. The summed E-state index contributed by atoms with van der Waals surface area (Å²) in [7, 11) is 0. The van der Waals surface area contributed by atoms with E-state index in [4.69, 9.17) is 4.99 Å². The summed E-state index contributed by atoms with van der Waals surface area (Å²) < 4.78 is 2.24. The summed E-state index contributed by atoms with van der Waals surface area (Å²) in [6.07, 6.45) is 8.67. The summed E-state index contributed by atoms with van der Waals surface area (Å²) in [5.41, 5.74) is 0. The minimum Gasteiger partial charge on any atom is -0.357 e. The molecule has 1 saturated carbocycles. The molecule has 1 fully saturated rings. The van der Waals surface area contributed by atoms with Crippen LogP contribution in [0.15, 0.2) is 4.99 Å². The van der Waals surface area contributed by atoms with Crippen LogP contribution in [-0.4, -0.2) is 33.3 Å². The highest BCUT2D eigenvalue weighted by molar-refractivity contribution is 5.80. The van der Waals surface area contributed by atoms with Crippen molar-refractivity contribution in [1.29, 1.82) is 0 Å². The topological polar surface area (TPSA) is 67.1 Å². The van der Waals surface area contributed by atoms with Crippen LogP contribution in [-0.2, 0) is 19.5 Å². The van der Waals surface area contributed by atoms with Crippen molar-refractivity contribution in [2.75, 3.05) is 6.54 Å². The van der Waals surface area contributed by atoms with Gasteiger partial charge in [-0.2, -0.15) is 0 Å². The molecule has 1 aromatic heterocycles. The van der Waals surface area contributed by atoms with Gasteiger partial charge in [0.25, 0.3) is 0 Å². The summed E-state index contributed by atoms with van der Waals surface area (Å²) in [6, 6.07) is 0.579. The van der Waals surface area contributed by atoms with Crippen LogP contribution in [0.5, 0.6) is 0 Å². The number of guanidine groups is 1. The van der Waals surface area contributed by atoms with E-state index in [1.165, 1.54) is 38.5 Å². The summed E-state index contributed by atoms with van der Waals surface area (Å²) in [5, 5.41) is 15.5. The maximum atomic E-state index is 4.70. The number of aromatic nitrogens is 3.